The zero-order chi connectivity index (χ0) is 22.7. The number of thiol groups is 1. The fraction of sp³-hybridized carbons (Fsp3) is 0.182. The van der Waals surface area contributed by atoms with Crippen LogP contribution >= 0.6 is 12.6 Å². The number of carbonyl (C=O) groups is 2. The average Bonchev–Trinajstić information content (AvgIpc) is 3.09. The van der Waals surface area contributed by atoms with Gasteiger partial charge in [0, 0.05) is 37.2 Å². The van der Waals surface area contributed by atoms with Crippen molar-refractivity contribution in [1.82, 2.24) is 14.7 Å². The van der Waals surface area contributed by atoms with Crippen LogP contribution in [0.25, 0.3) is 0 Å². The van der Waals surface area contributed by atoms with E-state index in [2.05, 4.69) is 28.4 Å². The quantitative estimate of drug-likeness (QED) is 0.280. The third kappa shape index (κ3) is 4.95. The van der Waals surface area contributed by atoms with E-state index in [9.17, 15) is 9.59 Å². The van der Waals surface area contributed by atoms with E-state index in [1.165, 1.54) is 10.9 Å². The largest absolute Gasteiger partial charge is 0.363 e. The molecule has 0 aliphatic heterocycles. The second-order valence-electron chi connectivity index (χ2n) is 7.28. The SMILES string of the molecule is Cc1ccc(NC(=O)c2cnn(C)c2NC(=O)c2ccc(C(=N)N(C)C)cc2)c(S)c1. The van der Waals surface area contributed by atoms with Crippen LogP contribution in [0.5, 0.6) is 0 Å². The summed E-state index contributed by atoms with van der Waals surface area (Å²) in [5.41, 5.74) is 2.93. The monoisotopic (exact) mass is 436 g/mol. The number of hydrogen-bond acceptors (Lipinski definition) is 5. The van der Waals surface area contributed by atoms with Crippen molar-refractivity contribution in [2.24, 2.45) is 7.05 Å². The summed E-state index contributed by atoms with van der Waals surface area (Å²) in [6, 6.07) is 12.2. The predicted octanol–water partition coefficient (Wildman–Crippen LogP) is 3.41. The molecule has 2 amide bonds. The van der Waals surface area contributed by atoms with E-state index in [1.807, 2.05) is 19.1 Å². The molecule has 3 N–H and O–H groups in total. The van der Waals surface area contributed by atoms with Crippen molar-refractivity contribution in [3.05, 3.63) is 70.9 Å². The molecule has 0 spiro atoms. The summed E-state index contributed by atoms with van der Waals surface area (Å²) in [6.45, 7) is 1.94. The zero-order valence-corrected chi connectivity index (χ0v) is 18.6. The van der Waals surface area contributed by atoms with Gasteiger partial charge in [0.15, 0.2) is 0 Å². The number of nitrogens with one attached hydrogen (secondary N) is 3. The first kappa shape index (κ1) is 22.1. The lowest BCUT2D eigenvalue weighted by molar-refractivity contribution is 0.102. The molecule has 0 aliphatic rings. The molecule has 1 aromatic heterocycles. The van der Waals surface area contributed by atoms with Crippen molar-refractivity contribution in [2.75, 3.05) is 24.7 Å². The van der Waals surface area contributed by atoms with Gasteiger partial charge in [0.25, 0.3) is 11.8 Å². The third-order valence-electron chi connectivity index (χ3n) is 4.68. The first-order valence-electron chi connectivity index (χ1n) is 9.48. The number of amidine groups is 1. The van der Waals surface area contributed by atoms with Crippen molar-refractivity contribution < 1.29 is 9.59 Å². The van der Waals surface area contributed by atoms with Crippen LogP contribution in [0, 0.1) is 12.3 Å². The highest BCUT2D eigenvalue weighted by Gasteiger charge is 2.20. The number of hydrogen-bond donors (Lipinski definition) is 4. The standard InChI is InChI=1S/C22H24N6O2S/c1-13-5-10-17(18(31)11-13)25-22(30)16-12-24-28(4)20(16)26-21(29)15-8-6-14(7-9-15)19(23)27(2)3/h5-12,23,31H,1-4H3,(H,25,30)(H,26,29). The lowest BCUT2D eigenvalue weighted by Crippen LogP contribution is -2.22. The minimum Gasteiger partial charge on any atom is -0.363 e. The molecule has 0 radical (unpaired) electrons. The highest BCUT2D eigenvalue weighted by molar-refractivity contribution is 7.80. The van der Waals surface area contributed by atoms with Crippen molar-refractivity contribution in [1.29, 1.82) is 5.41 Å². The van der Waals surface area contributed by atoms with E-state index in [-0.39, 0.29) is 17.3 Å². The first-order valence-corrected chi connectivity index (χ1v) is 9.92. The van der Waals surface area contributed by atoms with Gasteiger partial charge in [-0.1, -0.05) is 18.2 Å². The second kappa shape index (κ2) is 9.05. The zero-order valence-electron chi connectivity index (χ0n) is 17.7. The summed E-state index contributed by atoms with van der Waals surface area (Å²) in [5, 5.41) is 17.7. The van der Waals surface area contributed by atoms with Gasteiger partial charge in [-0.25, -0.2) is 0 Å². The number of amides is 2. The van der Waals surface area contributed by atoms with Crippen molar-refractivity contribution in [3.8, 4) is 0 Å². The molecule has 3 aromatic rings. The highest BCUT2D eigenvalue weighted by atomic mass is 32.1. The summed E-state index contributed by atoms with van der Waals surface area (Å²) in [7, 11) is 5.21. The molecule has 0 atom stereocenters. The minimum absolute atomic E-state index is 0.232. The van der Waals surface area contributed by atoms with Gasteiger partial charge < -0.3 is 15.5 Å². The Balaban J connectivity index is 1.78. The van der Waals surface area contributed by atoms with Crippen LogP contribution in [0.2, 0.25) is 0 Å². The molecule has 31 heavy (non-hydrogen) atoms. The van der Waals surface area contributed by atoms with Crippen LogP contribution in [-0.2, 0) is 7.05 Å². The van der Waals surface area contributed by atoms with Gasteiger partial charge in [-0.05, 0) is 36.8 Å². The highest BCUT2D eigenvalue weighted by Crippen LogP contribution is 2.23. The van der Waals surface area contributed by atoms with Gasteiger partial charge in [0.1, 0.15) is 17.2 Å². The molecule has 0 bridgehead atoms. The lowest BCUT2D eigenvalue weighted by Gasteiger charge is -2.14. The smallest absolute Gasteiger partial charge is 0.261 e. The Morgan fingerprint density at radius 1 is 1.03 bits per heavy atom. The van der Waals surface area contributed by atoms with E-state index in [0.717, 1.165) is 5.56 Å². The van der Waals surface area contributed by atoms with Crippen molar-refractivity contribution in [3.63, 3.8) is 0 Å². The fourth-order valence-electron chi connectivity index (χ4n) is 2.91. The Morgan fingerprint density at radius 2 is 1.68 bits per heavy atom. The lowest BCUT2D eigenvalue weighted by atomic mass is 10.1. The number of carbonyl (C=O) groups excluding carboxylic acids is 2. The maximum atomic E-state index is 12.8. The molecular weight excluding hydrogens is 412 g/mol. The molecule has 0 saturated heterocycles. The number of aryl methyl sites for hydroxylation is 2. The Labute approximate surface area is 186 Å². The van der Waals surface area contributed by atoms with Gasteiger partial charge in [-0.15, -0.1) is 12.6 Å². The topological polar surface area (TPSA) is 103 Å². The van der Waals surface area contributed by atoms with Crippen molar-refractivity contribution >= 4 is 41.8 Å². The molecule has 0 saturated carbocycles. The van der Waals surface area contributed by atoms with Gasteiger partial charge in [-0.3, -0.25) is 19.7 Å². The molecule has 1 heterocycles. The summed E-state index contributed by atoms with van der Waals surface area (Å²) >= 11 is 4.40. The van der Waals surface area contributed by atoms with E-state index in [1.54, 1.807) is 56.4 Å². The Bertz CT molecular complexity index is 1150. The van der Waals surface area contributed by atoms with Crippen LogP contribution in [0.3, 0.4) is 0 Å². The normalized spacial score (nSPS) is 10.5. The molecule has 0 unspecified atom stereocenters. The molecule has 160 valence electrons. The van der Waals surface area contributed by atoms with Crippen LogP contribution in [0.4, 0.5) is 11.5 Å². The maximum Gasteiger partial charge on any atom is 0.261 e. The molecule has 9 heteroatoms. The second-order valence-corrected chi connectivity index (χ2v) is 7.76. The maximum absolute atomic E-state index is 12.8. The van der Waals surface area contributed by atoms with Crippen LogP contribution < -0.4 is 10.6 Å². The summed E-state index contributed by atoms with van der Waals surface area (Å²) in [5.74, 6) is -0.166. The average molecular weight is 437 g/mol. The van der Waals surface area contributed by atoms with Gasteiger partial charge in [-0.2, -0.15) is 5.10 Å². The first-order chi connectivity index (χ1) is 14.7. The van der Waals surface area contributed by atoms with E-state index < -0.39 is 5.91 Å². The Kier molecular flexibility index (Phi) is 6.45. The molecule has 8 nitrogen and oxygen atoms in total. The number of aromatic nitrogens is 2. The predicted molar refractivity (Wildman–Crippen MR) is 125 cm³/mol. The summed E-state index contributed by atoms with van der Waals surface area (Å²) in [4.78, 5) is 27.9. The number of benzene rings is 2. The van der Waals surface area contributed by atoms with Crippen LogP contribution in [0.15, 0.2) is 53.6 Å². The molecular formula is C22H24N6O2S. The van der Waals surface area contributed by atoms with Crippen LogP contribution in [0.1, 0.15) is 31.8 Å². The van der Waals surface area contributed by atoms with Gasteiger partial charge in [0.05, 0.1) is 11.9 Å². The summed E-state index contributed by atoms with van der Waals surface area (Å²) in [6.07, 6.45) is 1.40. The molecule has 0 aliphatic carbocycles. The Morgan fingerprint density at radius 3 is 2.29 bits per heavy atom. The van der Waals surface area contributed by atoms with Crippen LogP contribution in [-0.4, -0.2) is 46.4 Å². The van der Waals surface area contributed by atoms with Gasteiger partial charge in [0.2, 0.25) is 0 Å². The van der Waals surface area contributed by atoms with E-state index in [4.69, 9.17) is 5.41 Å². The Hall–Kier alpha value is -3.59. The molecule has 0 fully saturated rings. The van der Waals surface area contributed by atoms with E-state index >= 15 is 0 Å². The minimum atomic E-state index is -0.405. The van der Waals surface area contributed by atoms with Gasteiger partial charge >= 0.3 is 0 Å². The fourth-order valence-corrected chi connectivity index (χ4v) is 3.24. The van der Waals surface area contributed by atoms with E-state index in [0.29, 0.717) is 27.5 Å². The third-order valence-corrected chi connectivity index (χ3v) is 5.05. The summed E-state index contributed by atoms with van der Waals surface area (Å²) < 4.78 is 1.43. The molecule has 3 rings (SSSR count). The number of rotatable bonds is 5. The van der Waals surface area contributed by atoms with Crippen molar-refractivity contribution in [2.45, 2.75) is 11.8 Å². The number of anilines is 2. The number of nitrogens with zero attached hydrogens (tertiary/aromatic N) is 3. The molecule has 2 aromatic carbocycles.